The summed E-state index contributed by atoms with van der Waals surface area (Å²) in [6.45, 7) is 7.63. The number of amides is 1. The highest BCUT2D eigenvalue weighted by atomic mass is 16.2. The van der Waals surface area contributed by atoms with Crippen LogP contribution in [0.15, 0.2) is 42.7 Å². The summed E-state index contributed by atoms with van der Waals surface area (Å²) in [5.41, 5.74) is 4.68. The van der Waals surface area contributed by atoms with Crippen LogP contribution in [0, 0.1) is 0 Å². The van der Waals surface area contributed by atoms with Crippen molar-refractivity contribution in [1.82, 2.24) is 24.2 Å². The van der Waals surface area contributed by atoms with E-state index in [2.05, 4.69) is 31.0 Å². The number of carbonyl (C=O) groups is 1. The third-order valence-electron chi connectivity index (χ3n) is 5.87. The summed E-state index contributed by atoms with van der Waals surface area (Å²) >= 11 is 0. The van der Waals surface area contributed by atoms with Crippen LogP contribution < -0.4 is 0 Å². The molecule has 29 heavy (non-hydrogen) atoms. The van der Waals surface area contributed by atoms with Crippen LogP contribution in [0.5, 0.6) is 0 Å². The molecule has 0 saturated carbocycles. The summed E-state index contributed by atoms with van der Waals surface area (Å²) in [5, 5.41) is 4.78. The van der Waals surface area contributed by atoms with E-state index in [-0.39, 0.29) is 17.9 Å². The number of carbonyl (C=O) groups excluding carboxylic acids is 1. The number of fused-ring (bicyclic) bond motifs is 1. The SMILES string of the molecule is CC(C)c1nccn1C(C)C(=O)N1CCc2c(-c3ccccc3)nn(C)c2CC1. The van der Waals surface area contributed by atoms with E-state index in [1.54, 1.807) is 6.20 Å². The molecule has 0 bridgehead atoms. The van der Waals surface area contributed by atoms with Gasteiger partial charge in [-0.3, -0.25) is 9.48 Å². The normalized spacial score (nSPS) is 15.3. The number of nitrogens with zero attached hydrogens (tertiary/aromatic N) is 5. The number of benzene rings is 1. The Bertz CT molecular complexity index is 1000. The summed E-state index contributed by atoms with van der Waals surface area (Å²) in [7, 11) is 2.01. The second-order valence-electron chi connectivity index (χ2n) is 8.11. The predicted molar refractivity (Wildman–Crippen MR) is 114 cm³/mol. The van der Waals surface area contributed by atoms with E-state index in [0.717, 1.165) is 36.5 Å². The lowest BCUT2D eigenvalue weighted by molar-refractivity contribution is -0.134. The van der Waals surface area contributed by atoms with Gasteiger partial charge in [0.05, 0.1) is 5.69 Å². The van der Waals surface area contributed by atoms with E-state index in [1.165, 1.54) is 11.3 Å². The highest BCUT2D eigenvalue weighted by molar-refractivity contribution is 5.80. The maximum absolute atomic E-state index is 13.3. The molecule has 0 spiro atoms. The van der Waals surface area contributed by atoms with Gasteiger partial charge in [-0.25, -0.2) is 4.98 Å². The fourth-order valence-electron chi connectivity index (χ4n) is 4.31. The Morgan fingerprint density at radius 3 is 2.52 bits per heavy atom. The molecule has 1 aliphatic heterocycles. The van der Waals surface area contributed by atoms with Gasteiger partial charge in [0.1, 0.15) is 11.9 Å². The zero-order valence-corrected chi connectivity index (χ0v) is 17.7. The van der Waals surface area contributed by atoms with Crippen LogP contribution >= 0.6 is 0 Å². The average molecular weight is 392 g/mol. The smallest absolute Gasteiger partial charge is 0.245 e. The standard InChI is InChI=1S/C23H29N5O/c1-16(2)22-24-12-15-28(22)17(3)23(29)27-13-10-19-20(11-14-27)26(4)25-21(19)18-8-6-5-7-9-18/h5-9,12,15-17H,10-11,13-14H2,1-4H3. The van der Waals surface area contributed by atoms with Crippen molar-refractivity contribution in [1.29, 1.82) is 0 Å². The second-order valence-corrected chi connectivity index (χ2v) is 8.11. The number of rotatable bonds is 4. The van der Waals surface area contributed by atoms with Crippen LogP contribution in [0.25, 0.3) is 11.3 Å². The molecule has 3 aromatic rings. The highest BCUT2D eigenvalue weighted by Crippen LogP contribution is 2.28. The molecule has 0 N–H and O–H groups in total. The van der Waals surface area contributed by atoms with Gasteiger partial charge in [0.15, 0.2) is 0 Å². The number of aryl methyl sites for hydroxylation is 1. The molecule has 6 heteroatoms. The largest absolute Gasteiger partial charge is 0.340 e. The van der Waals surface area contributed by atoms with E-state index >= 15 is 0 Å². The van der Waals surface area contributed by atoms with Crippen molar-refractivity contribution >= 4 is 5.91 Å². The molecule has 4 rings (SSSR count). The topological polar surface area (TPSA) is 56.0 Å². The molecule has 152 valence electrons. The third kappa shape index (κ3) is 3.59. The Hall–Kier alpha value is -2.89. The Morgan fingerprint density at radius 2 is 1.79 bits per heavy atom. The Morgan fingerprint density at radius 1 is 1.07 bits per heavy atom. The van der Waals surface area contributed by atoms with Crippen molar-refractivity contribution in [3.63, 3.8) is 0 Å². The lowest BCUT2D eigenvalue weighted by Crippen LogP contribution is -2.38. The first-order valence-electron chi connectivity index (χ1n) is 10.4. The van der Waals surface area contributed by atoms with Gasteiger partial charge in [-0.05, 0) is 13.3 Å². The van der Waals surface area contributed by atoms with Gasteiger partial charge in [-0.1, -0.05) is 44.2 Å². The van der Waals surface area contributed by atoms with Gasteiger partial charge in [0.2, 0.25) is 5.91 Å². The van der Waals surface area contributed by atoms with Crippen LogP contribution in [0.2, 0.25) is 0 Å². The highest BCUT2D eigenvalue weighted by Gasteiger charge is 2.28. The molecular formula is C23H29N5O. The van der Waals surface area contributed by atoms with E-state index in [1.807, 2.05) is 52.5 Å². The molecule has 2 aromatic heterocycles. The van der Waals surface area contributed by atoms with Crippen molar-refractivity contribution < 1.29 is 4.79 Å². The molecule has 1 atom stereocenters. The second kappa shape index (κ2) is 7.85. The van der Waals surface area contributed by atoms with Crippen molar-refractivity contribution in [3.8, 4) is 11.3 Å². The first kappa shape index (κ1) is 19.4. The van der Waals surface area contributed by atoms with Gasteiger partial charge < -0.3 is 9.47 Å². The molecule has 0 aliphatic carbocycles. The lowest BCUT2D eigenvalue weighted by Gasteiger charge is -2.26. The molecule has 0 fully saturated rings. The Labute approximate surface area is 172 Å². The number of hydrogen-bond donors (Lipinski definition) is 0. The summed E-state index contributed by atoms with van der Waals surface area (Å²) in [4.78, 5) is 19.7. The van der Waals surface area contributed by atoms with Crippen LogP contribution in [-0.2, 0) is 24.7 Å². The summed E-state index contributed by atoms with van der Waals surface area (Å²) < 4.78 is 4.00. The van der Waals surface area contributed by atoms with Gasteiger partial charge in [-0.15, -0.1) is 0 Å². The van der Waals surface area contributed by atoms with Crippen molar-refractivity contribution in [3.05, 3.63) is 59.8 Å². The zero-order valence-electron chi connectivity index (χ0n) is 17.7. The quantitative estimate of drug-likeness (QED) is 0.683. The van der Waals surface area contributed by atoms with E-state index in [0.29, 0.717) is 6.54 Å². The summed E-state index contributed by atoms with van der Waals surface area (Å²) in [6, 6.07) is 10.1. The molecule has 0 radical (unpaired) electrons. The van der Waals surface area contributed by atoms with Crippen molar-refractivity contribution in [2.75, 3.05) is 13.1 Å². The van der Waals surface area contributed by atoms with Crippen molar-refractivity contribution in [2.24, 2.45) is 7.05 Å². The monoisotopic (exact) mass is 391 g/mol. The first-order valence-corrected chi connectivity index (χ1v) is 10.4. The molecule has 6 nitrogen and oxygen atoms in total. The molecule has 1 aromatic carbocycles. The lowest BCUT2D eigenvalue weighted by atomic mass is 10.0. The third-order valence-corrected chi connectivity index (χ3v) is 5.87. The van der Waals surface area contributed by atoms with Gasteiger partial charge in [0.25, 0.3) is 0 Å². The van der Waals surface area contributed by atoms with E-state index < -0.39 is 0 Å². The van der Waals surface area contributed by atoms with Gasteiger partial charge in [-0.2, -0.15) is 5.10 Å². The van der Waals surface area contributed by atoms with Crippen LogP contribution in [-0.4, -0.2) is 43.2 Å². The van der Waals surface area contributed by atoms with Gasteiger partial charge in [0, 0.05) is 61.7 Å². The summed E-state index contributed by atoms with van der Waals surface area (Å²) in [6.07, 6.45) is 5.36. The van der Waals surface area contributed by atoms with Gasteiger partial charge >= 0.3 is 0 Å². The minimum absolute atomic E-state index is 0.159. The number of hydrogen-bond acceptors (Lipinski definition) is 3. The van der Waals surface area contributed by atoms with Crippen molar-refractivity contribution in [2.45, 2.75) is 45.6 Å². The molecular weight excluding hydrogens is 362 g/mol. The first-order chi connectivity index (χ1) is 14.0. The maximum Gasteiger partial charge on any atom is 0.245 e. The fourth-order valence-corrected chi connectivity index (χ4v) is 4.31. The zero-order chi connectivity index (χ0) is 20.5. The maximum atomic E-state index is 13.3. The minimum Gasteiger partial charge on any atom is -0.340 e. The number of imidazole rings is 1. The van der Waals surface area contributed by atoms with Crippen LogP contribution in [0.1, 0.15) is 49.8 Å². The van der Waals surface area contributed by atoms with E-state index in [9.17, 15) is 4.79 Å². The molecule has 0 saturated heterocycles. The minimum atomic E-state index is -0.247. The average Bonchev–Trinajstić information content (AvgIpc) is 3.26. The summed E-state index contributed by atoms with van der Waals surface area (Å²) in [5.74, 6) is 1.40. The molecule has 1 unspecified atom stereocenters. The molecule has 1 amide bonds. The molecule has 3 heterocycles. The Kier molecular flexibility index (Phi) is 5.26. The van der Waals surface area contributed by atoms with E-state index in [4.69, 9.17) is 5.10 Å². The van der Waals surface area contributed by atoms with Crippen LogP contribution in [0.3, 0.4) is 0 Å². The Balaban J connectivity index is 1.56. The fraction of sp³-hybridized carbons (Fsp3) is 0.435. The van der Waals surface area contributed by atoms with Crippen LogP contribution in [0.4, 0.5) is 0 Å². The molecule has 1 aliphatic rings. The number of aromatic nitrogens is 4. The predicted octanol–water partition coefficient (Wildman–Crippen LogP) is 3.60.